The Morgan fingerprint density at radius 3 is 2.22 bits per heavy atom. The zero-order valence-electron chi connectivity index (χ0n) is 11.6. The van der Waals surface area contributed by atoms with Crippen molar-refractivity contribution in [2.75, 3.05) is 20.2 Å². The monoisotopic (exact) mass is 253 g/mol. The van der Waals surface area contributed by atoms with E-state index < -0.39 is 0 Å². The van der Waals surface area contributed by atoms with Gasteiger partial charge in [-0.25, -0.2) is 0 Å². The molecule has 1 amide bonds. The summed E-state index contributed by atoms with van der Waals surface area (Å²) in [7, 11) is 1.46. The largest absolute Gasteiger partial charge is 0.469 e. The third-order valence-electron chi connectivity index (χ3n) is 4.52. The summed E-state index contributed by atoms with van der Waals surface area (Å²) in [5.74, 6) is 0.376. The van der Waals surface area contributed by atoms with Crippen LogP contribution in [0.3, 0.4) is 0 Å². The maximum Gasteiger partial charge on any atom is 0.308 e. The summed E-state index contributed by atoms with van der Waals surface area (Å²) < 4.78 is 4.78. The first-order valence-electron chi connectivity index (χ1n) is 6.84. The molecule has 1 saturated carbocycles. The van der Waals surface area contributed by atoms with Gasteiger partial charge in [-0.3, -0.25) is 9.59 Å². The van der Waals surface area contributed by atoms with E-state index in [0.717, 1.165) is 38.8 Å². The maximum atomic E-state index is 11.9. The number of piperidine rings is 1. The van der Waals surface area contributed by atoms with Gasteiger partial charge >= 0.3 is 5.97 Å². The molecular weight excluding hydrogens is 230 g/mol. The van der Waals surface area contributed by atoms with Crippen molar-refractivity contribution in [2.24, 2.45) is 17.3 Å². The van der Waals surface area contributed by atoms with Crippen molar-refractivity contribution < 1.29 is 14.3 Å². The van der Waals surface area contributed by atoms with E-state index in [1.54, 1.807) is 0 Å². The highest BCUT2D eigenvalue weighted by molar-refractivity contribution is 5.78. The van der Waals surface area contributed by atoms with Crippen LogP contribution in [0.2, 0.25) is 0 Å². The van der Waals surface area contributed by atoms with E-state index >= 15 is 0 Å². The number of carbonyl (C=O) groups is 2. The first kappa shape index (κ1) is 13.4. The fourth-order valence-corrected chi connectivity index (χ4v) is 3.29. The van der Waals surface area contributed by atoms with Gasteiger partial charge in [0.05, 0.1) is 13.0 Å². The zero-order valence-corrected chi connectivity index (χ0v) is 11.6. The summed E-state index contributed by atoms with van der Waals surface area (Å²) >= 11 is 0. The van der Waals surface area contributed by atoms with Gasteiger partial charge in [0, 0.05) is 19.0 Å². The minimum atomic E-state index is -0.0682. The maximum absolute atomic E-state index is 11.9. The summed E-state index contributed by atoms with van der Waals surface area (Å²) in [6.45, 7) is 5.60. The number of rotatable bonds is 2. The van der Waals surface area contributed by atoms with Crippen LogP contribution in [0, 0.1) is 17.3 Å². The molecule has 0 unspecified atom stereocenters. The molecule has 102 valence electrons. The number of methoxy groups -OCH3 is 1. The quantitative estimate of drug-likeness (QED) is 0.705. The SMILES string of the molecule is COC(=O)C1CC2(CCN(C(=O)C(C)C)CC2)C1. The van der Waals surface area contributed by atoms with E-state index in [2.05, 4.69) is 0 Å². The number of esters is 1. The van der Waals surface area contributed by atoms with E-state index in [1.165, 1.54) is 7.11 Å². The average molecular weight is 253 g/mol. The average Bonchev–Trinajstić information content (AvgIpc) is 2.34. The van der Waals surface area contributed by atoms with Crippen LogP contribution in [0.1, 0.15) is 39.5 Å². The molecule has 1 aliphatic carbocycles. The fourth-order valence-electron chi connectivity index (χ4n) is 3.29. The van der Waals surface area contributed by atoms with Crippen molar-refractivity contribution >= 4 is 11.9 Å². The fraction of sp³-hybridized carbons (Fsp3) is 0.857. The molecule has 0 aromatic heterocycles. The van der Waals surface area contributed by atoms with Crippen molar-refractivity contribution in [1.29, 1.82) is 0 Å². The molecule has 0 radical (unpaired) electrons. The van der Waals surface area contributed by atoms with Gasteiger partial charge in [-0.2, -0.15) is 0 Å². The van der Waals surface area contributed by atoms with Crippen molar-refractivity contribution in [2.45, 2.75) is 39.5 Å². The van der Waals surface area contributed by atoms with E-state index in [4.69, 9.17) is 4.74 Å². The second-order valence-electron chi connectivity index (χ2n) is 6.11. The van der Waals surface area contributed by atoms with Gasteiger partial charge < -0.3 is 9.64 Å². The van der Waals surface area contributed by atoms with E-state index in [9.17, 15) is 9.59 Å². The van der Waals surface area contributed by atoms with Gasteiger partial charge in [-0.1, -0.05) is 13.8 Å². The molecule has 1 spiro atoms. The highest BCUT2D eigenvalue weighted by atomic mass is 16.5. The van der Waals surface area contributed by atoms with Crippen molar-refractivity contribution in [1.82, 2.24) is 4.90 Å². The number of amides is 1. The van der Waals surface area contributed by atoms with Crippen LogP contribution in [0.4, 0.5) is 0 Å². The molecule has 1 heterocycles. The number of hydrogen-bond acceptors (Lipinski definition) is 3. The Bertz CT molecular complexity index is 335. The van der Waals surface area contributed by atoms with E-state index in [0.29, 0.717) is 5.41 Å². The normalized spacial score (nSPS) is 23.0. The Kier molecular flexibility index (Phi) is 3.64. The molecule has 0 aromatic rings. The lowest BCUT2D eigenvalue weighted by atomic mass is 9.57. The molecule has 0 bridgehead atoms. The summed E-state index contributed by atoms with van der Waals surface area (Å²) in [6.07, 6.45) is 3.98. The van der Waals surface area contributed by atoms with Gasteiger partial charge in [0.2, 0.25) is 5.91 Å². The first-order chi connectivity index (χ1) is 8.47. The Balaban J connectivity index is 1.82. The third-order valence-corrected chi connectivity index (χ3v) is 4.52. The number of nitrogens with zero attached hydrogens (tertiary/aromatic N) is 1. The summed E-state index contributed by atoms with van der Waals surface area (Å²) in [5.41, 5.74) is 0.312. The van der Waals surface area contributed by atoms with E-state index in [1.807, 2.05) is 18.7 Å². The molecule has 2 aliphatic rings. The molecule has 1 aliphatic heterocycles. The number of ether oxygens (including phenoxy) is 1. The highest BCUT2D eigenvalue weighted by Gasteiger charge is 2.49. The Morgan fingerprint density at radius 1 is 1.22 bits per heavy atom. The lowest BCUT2D eigenvalue weighted by molar-refractivity contribution is -0.158. The minimum absolute atomic E-state index is 0.0682. The topological polar surface area (TPSA) is 46.6 Å². The van der Waals surface area contributed by atoms with Gasteiger partial charge in [0.15, 0.2) is 0 Å². The van der Waals surface area contributed by atoms with Crippen molar-refractivity contribution in [3.8, 4) is 0 Å². The van der Waals surface area contributed by atoms with Crippen LogP contribution in [-0.2, 0) is 14.3 Å². The van der Waals surface area contributed by atoms with Crippen LogP contribution in [-0.4, -0.2) is 37.0 Å². The van der Waals surface area contributed by atoms with Gasteiger partial charge in [0.1, 0.15) is 0 Å². The Morgan fingerprint density at radius 2 is 1.78 bits per heavy atom. The Hall–Kier alpha value is -1.06. The van der Waals surface area contributed by atoms with Gasteiger partial charge in [0.25, 0.3) is 0 Å². The summed E-state index contributed by atoms with van der Waals surface area (Å²) in [6, 6.07) is 0. The molecule has 18 heavy (non-hydrogen) atoms. The van der Waals surface area contributed by atoms with Crippen LogP contribution in [0.25, 0.3) is 0 Å². The number of likely N-dealkylation sites (tertiary alicyclic amines) is 1. The lowest BCUT2D eigenvalue weighted by Gasteiger charge is -2.51. The molecular formula is C14H23NO3. The van der Waals surface area contributed by atoms with Crippen LogP contribution in [0.5, 0.6) is 0 Å². The van der Waals surface area contributed by atoms with Crippen LogP contribution >= 0.6 is 0 Å². The molecule has 4 nitrogen and oxygen atoms in total. The molecule has 2 fully saturated rings. The standard InChI is InChI=1S/C14H23NO3/c1-10(2)12(16)15-6-4-14(5-7-15)8-11(9-14)13(17)18-3/h10-11H,4-9H2,1-3H3. The highest BCUT2D eigenvalue weighted by Crippen LogP contribution is 2.52. The lowest BCUT2D eigenvalue weighted by Crippen LogP contribution is -2.51. The van der Waals surface area contributed by atoms with Crippen molar-refractivity contribution in [3.63, 3.8) is 0 Å². The van der Waals surface area contributed by atoms with Crippen molar-refractivity contribution in [3.05, 3.63) is 0 Å². The molecule has 1 saturated heterocycles. The van der Waals surface area contributed by atoms with Crippen LogP contribution in [0.15, 0.2) is 0 Å². The van der Waals surface area contributed by atoms with E-state index in [-0.39, 0.29) is 23.7 Å². The number of carbonyl (C=O) groups excluding carboxylic acids is 2. The predicted molar refractivity (Wildman–Crippen MR) is 67.8 cm³/mol. The second kappa shape index (κ2) is 4.90. The number of hydrogen-bond donors (Lipinski definition) is 0. The molecule has 0 N–H and O–H groups in total. The molecule has 2 rings (SSSR count). The van der Waals surface area contributed by atoms with Gasteiger partial charge in [-0.15, -0.1) is 0 Å². The second-order valence-corrected chi connectivity index (χ2v) is 6.11. The minimum Gasteiger partial charge on any atom is -0.469 e. The van der Waals surface area contributed by atoms with Gasteiger partial charge in [-0.05, 0) is 31.1 Å². The molecule has 0 atom stereocenters. The summed E-state index contributed by atoms with van der Waals surface area (Å²) in [5, 5.41) is 0. The summed E-state index contributed by atoms with van der Waals surface area (Å²) in [4.78, 5) is 25.3. The zero-order chi connectivity index (χ0) is 13.3. The predicted octanol–water partition coefficient (Wildman–Crippen LogP) is 1.83. The smallest absolute Gasteiger partial charge is 0.308 e. The first-order valence-corrected chi connectivity index (χ1v) is 6.84. The third kappa shape index (κ3) is 2.38. The molecule has 4 heteroatoms. The molecule has 0 aromatic carbocycles. The van der Waals surface area contributed by atoms with Crippen LogP contribution < -0.4 is 0 Å². The Labute approximate surface area is 109 Å².